The second-order valence-corrected chi connectivity index (χ2v) is 5.31. The molecule has 2 fully saturated rings. The highest BCUT2D eigenvalue weighted by Crippen LogP contribution is 2.42. The Labute approximate surface area is 108 Å². The van der Waals surface area contributed by atoms with Gasteiger partial charge in [-0.05, 0) is 49.9 Å². The number of aromatic nitrogens is 1. The van der Waals surface area contributed by atoms with Crippen molar-refractivity contribution < 1.29 is 5.11 Å². The zero-order valence-electron chi connectivity index (χ0n) is 9.80. The number of halogens is 1. The SMILES string of the molecule is Cl.OC1(Cc2ccccn2)C[C@H]2CNC[C@@H]2C1. The first-order valence-electron chi connectivity index (χ1n) is 6.08. The highest BCUT2D eigenvalue weighted by molar-refractivity contribution is 5.85. The van der Waals surface area contributed by atoms with Gasteiger partial charge in [-0.2, -0.15) is 0 Å². The van der Waals surface area contributed by atoms with Crippen LogP contribution in [-0.2, 0) is 6.42 Å². The van der Waals surface area contributed by atoms with Gasteiger partial charge in [0, 0.05) is 18.3 Å². The number of hydrogen-bond donors (Lipinski definition) is 2. The normalized spacial score (nSPS) is 29.7. The average molecular weight is 255 g/mol. The zero-order chi connectivity index (χ0) is 11.0. The second-order valence-electron chi connectivity index (χ2n) is 5.31. The van der Waals surface area contributed by atoms with E-state index >= 15 is 0 Å². The van der Waals surface area contributed by atoms with Crippen LogP contribution in [0.2, 0.25) is 0 Å². The van der Waals surface area contributed by atoms with Gasteiger partial charge in [-0.25, -0.2) is 0 Å². The Bertz CT molecular complexity index is 359. The summed E-state index contributed by atoms with van der Waals surface area (Å²) in [6.07, 6.45) is 4.37. The zero-order valence-corrected chi connectivity index (χ0v) is 10.6. The van der Waals surface area contributed by atoms with Crippen LogP contribution < -0.4 is 5.32 Å². The molecular weight excluding hydrogens is 236 g/mol. The van der Waals surface area contributed by atoms with Crippen LogP contribution in [0.4, 0.5) is 0 Å². The Morgan fingerprint density at radius 1 is 1.29 bits per heavy atom. The Balaban J connectivity index is 0.00000108. The van der Waals surface area contributed by atoms with Gasteiger partial charge in [0.25, 0.3) is 0 Å². The van der Waals surface area contributed by atoms with E-state index in [1.54, 1.807) is 6.20 Å². The van der Waals surface area contributed by atoms with E-state index in [1.807, 2.05) is 18.2 Å². The first-order chi connectivity index (χ1) is 7.75. The highest BCUT2D eigenvalue weighted by atomic mass is 35.5. The van der Waals surface area contributed by atoms with Gasteiger partial charge in [-0.15, -0.1) is 12.4 Å². The molecule has 0 unspecified atom stereocenters. The first kappa shape index (κ1) is 12.8. The summed E-state index contributed by atoms with van der Waals surface area (Å²) >= 11 is 0. The molecule has 2 heterocycles. The van der Waals surface area contributed by atoms with Crippen LogP contribution in [0.3, 0.4) is 0 Å². The summed E-state index contributed by atoms with van der Waals surface area (Å²) in [6, 6.07) is 5.91. The molecule has 1 aromatic heterocycles. The second kappa shape index (κ2) is 4.92. The molecular formula is C13H19ClN2O. The molecule has 0 aromatic carbocycles. The van der Waals surface area contributed by atoms with Gasteiger partial charge in [-0.3, -0.25) is 4.98 Å². The summed E-state index contributed by atoms with van der Waals surface area (Å²) in [5.41, 5.74) is 0.504. The molecule has 1 aliphatic heterocycles. The topological polar surface area (TPSA) is 45.2 Å². The van der Waals surface area contributed by atoms with Crippen molar-refractivity contribution in [1.29, 1.82) is 0 Å². The van der Waals surface area contributed by atoms with E-state index in [9.17, 15) is 5.11 Å². The van der Waals surface area contributed by atoms with Crippen LogP contribution in [0.25, 0.3) is 0 Å². The lowest BCUT2D eigenvalue weighted by Gasteiger charge is -2.23. The Morgan fingerprint density at radius 2 is 2.00 bits per heavy atom. The number of rotatable bonds is 2. The summed E-state index contributed by atoms with van der Waals surface area (Å²) in [7, 11) is 0. The van der Waals surface area contributed by atoms with Crippen molar-refractivity contribution in [2.24, 2.45) is 11.8 Å². The Kier molecular flexibility index (Phi) is 3.71. The van der Waals surface area contributed by atoms with Gasteiger partial charge in [0.1, 0.15) is 0 Å². The lowest BCUT2D eigenvalue weighted by molar-refractivity contribution is 0.0389. The minimum Gasteiger partial charge on any atom is -0.389 e. The fourth-order valence-corrected chi connectivity index (χ4v) is 3.31. The fourth-order valence-electron chi connectivity index (χ4n) is 3.31. The van der Waals surface area contributed by atoms with Gasteiger partial charge in [-0.1, -0.05) is 6.07 Å². The van der Waals surface area contributed by atoms with Gasteiger partial charge in [0.2, 0.25) is 0 Å². The third kappa shape index (κ3) is 2.62. The highest BCUT2D eigenvalue weighted by Gasteiger charge is 2.45. The van der Waals surface area contributed by atoms with Crippen molar-refractivity contribution in [3.63, 3.8) is 0 Å². The van der Waals surface area contributed by atoms with E-state index in [0.29, 0.717) is 18.3 Å². The minimum atomic E-state index is -0.508. The first-order valence-corrected chi connectivity index (χ1v) is 6.08. The van der Waals surface area contributed by atoms with Crippen LogP contribution >= 0.6 is 12.4 Å². The van der Waals surface area contributed by atoms with E-state index in [0.717, 1.165) is 31.6 Å². The maximum absolute atomic E-state index is 10.6. The molecule has 0 bridgehead atoms. The molecule has 1 saturated carbocycles. The maximum atomic E-state index is 10.6. The molecule has 2 aliphatic rings. The van der Waals surface area contributed by atoms with E-state index in [4.69, 9.17) is 0 Å². The Morgan fingerprint density at radius 3 is 2.59 bits per heavy atom. The summed E-state index contributed by atoms with van der Waals surface area (Å²) in [5, 5.41) is 14.0. The van der Waals surface area contributed by atoms with E-state index in [2.05, 4.69) is 10.3 Å². The van der Waals surface area contributed by atoms with Crippen LogP contribution in [0.1, 0.15) is 18.5 Å². The monoisotopic (exact) mass is 254 g/mol. The van der Waals surface area contributed by atoms with Crippen molar-refractivity contribution in [2.45, 2.75) is 24.9 Å². The summed E-state index contributed by atoms with van der Waals surface area (Å²) < 4.78 is 0. The number of pyridine rings is 1. The van der Waals surface area contributed by atoms with Crippen LogP contribution in [-0.4, -0.2) is 28.8 Å². The number of fused-ring (bicyclic) bond motifs is 1. The van der Waals surface area contributed by atoms with Gasteiger partial charge >= 0.3 is 0 Å². The van der Waals surface area contributed by atoms with E-state index < -0.39 is 5.60 Å². The predicted octanol–water partition coefficient (Wildman–Crippen LogP) is 1.41. The van der Waals surface area contributed by atoms with Crippen molar-refractivity contribution in [2.75, 3.05) is 13.1 Å². The lowest BCUT2D eigenvalue weighted by Crippen LogP contribution is -2.31. The molecule has 3 nitrogen and oxygen atoms in total. The third-order valence-corrected chi connectivity index (χ3v) is 4.00. The van der Waals surface area contributed by atoms with Crippen LogP contribution in [0, 0.1) is 11.8 Å². The molecule has 2 N–H and O–H groups in total. The molecule has 0 amide bonds. The van der Waals surface area contributed by atoms with Crippen molar-refractivity contribution in [3.05, 3.63) is 30.1 Å². The number of nitrogens with zero attached hydrogens (tertiary/aromatic N) is 1. The molecule has 0 spiro atoms. The Hall–Kier alpha value is -0.640. The molecule has 4 heteroatoms. The van der Waals surface area contributed by atoms with Gasteiger partial charge in [0.15, 0.2) is 0 Å². The number of nitrogens with one attached hydrogen (secondary N) is 1. The third-order valence-electron chi connectivity index (χ3n) is 4.00. The molecule has 1 aliphatic carbocycles. The van der Waals surface area contributed by atoms with Gasteiger partial charge < -0.3 is 10.4 Å². The molecule has 3 rings (SSSR count). The summed E-state index contributed by atoms with van der Waals surface area (Å²) in [4.78, 5) is 4.31. The van der Waals surface area contributed by atoms with E-state index in [1.165, 1.54) is 0 Å². The van der Waals surface area contributed by atoms with E-state index in [-0.39, 0.29) is 12.4 Å². The summed E-state index contributed by atoms with van der Waals surface area (Å²) in [6.45, 7) is 2.16. The predicted molar refractivity (Wildman–Crippen MR) is 69.2 cm³/mol. The van der Waals surface area contributed by atoms with Crippen molar-refractivity contribution in [3.8, 4) is 0 Å². The van der Waals surface area contributed by atoms with Crippen molar-refractivity contribution >= 4 is 12.4 Å². The van der Waals surface area contributed by atoms with Gasteiger partial charge in [0.05, 0.1) is 5.60 Å². The molecule has 1 aromatic rings. The fraction of sp³-hybridized carbons (Fsp3) is 0.615. The number of aliphatic hydroxyl groups is 1. The van der Waals surface area contributed by atoms with Crippen LogP contribution in [0.15, 0.2) is 24.4 Å². The smallest absolute Gasteiger partial charge is 0.0709 e. The minimum absolute atomic E-state index is 0. The average Bonchev–Trinajstić information content (AvgIpc) is 2.77. The number of hydrogen-bond acceptors (Lipinski definition) is 3. The molecule has 1 saturated heterocycles. The molecule has 94 valence electrons. The molecule has 2 atom stereocenters. The van der Waals surface area contributed by atoms with Crippen LogP contribution in [0.5, 0.6) is 0 Å². The largest absolute Gasteiger partial charge is 0.389 e. The van der Waals surface area contributed by atoms with Crippen molar-refractivity contribution in [1.82, 2.24) is 10.3 Å². The lowest BCUT2D eigenvalue weighted by atomic mass is 9.94. The maximum Gasteiger partial charge on any atom is 0.0709 e. The molecule has 17 heavy (non-hydrogen) atoms. The standard InChI is InChI=1S/C13H18N2O.ClH/c16-13(7-12-3-1-2-4-15-12)5-10-8-14-9-11(10)6-13;/h1-4,10-11,14,16H,5-9H2;1H/t10-,11-;/m0./s1. The molecule has 0 radical (unpaired) electrons. The quantitative estimate of drug-likeness (QED) is 0.839. The summed E-state index contributed by atoms with van der Waals surface area (Å²) in [5.74, 6) is 1.35.